The molecule has 1 aromatic carbocycles. The minimum absolute atomic E-state index is 0.0141. The maximum atomic E-state index is 14.2. The SMILES string of the molecule is COC(=O)[C@H](CC(C)C)NC(=O)C(CC(=O)OCc1ccccc1)N(C[C@H]1O[C@@H]2OC(C)(C)O[C@@H]2[C@H]2OC(C)(C)O[C@H]21)C(=O)NC(C)(C)C. The lowest BCUT2D eigenvalue weighted by atomic mass is 9.97. The van der Waals surface area contributed by atoms with E-state index in [0.29, 0.717) is 0 Å². The Balaban J connectivity index is 1.69. The summed E-state index contributed by atoms with van der Waals surface area (Å²) < 4.78 is 41.7. The van der Waals surface area contributed by atoms with Gasteiger partial charge in [0.1, 0.15) is 43.1 Å². The van der Waals surface area contributed by atoms with Crippen molar-refractivity contribution >= 4 is 23.9 Å². The number of carbonyl (C=O) groups excluding carboxylic acids is 4. The summed E-state index contributed by atoms with van der Waals surface area (Å²) in [7, 11) is 1.23. The predicted molar refractivity (Wildman–Crippen MR) is 176 cm³/mol. The van der Waals surface area contributed by atoms with Gasteiger partial charge in [0.25, 0.3) is 0 Å². The molecule has 0 aliphatic carbocycles. The number of nitrogens with zero attached hydrogens (tertiary/aromatic N) is 1. The van der Waals surface area contributed by atoms with Crippen molar-refractivity contribution in [3.63, 3.8) is 0 Å². The number of benzene rings is 1. The molecule has 0 saturated carbocycles. The van der Waals surface area contributed by atoms with Gasteiger partial charge in [0, 0.05) is 5.54 Å². The largest absolute Gasteiger partial charge is 0.467 e. The average molecular weight is 692 g/mol. The number of fused-ring (bicyclic) bond motifs is 3. The highest BCUT2D eigenvalue weighted by molar-refractivity contribution is 5.93. The highest BCUT2D eigenvalue weighted by Gasteiger charge is 2.61. The van der Waals surface area contributed by atoms with Crippen molar-refractivity contribution in [2.45, 2.75) is 142 Å². The van der Waals surface area contributed by atoms with Crippen molar-refractivity contribution in [2.75, 3.05) is 13.7 Å². The molecule has 3 aliphatic rings. The zero-order chi connectivity index (χ0) is 36.3. The minimum Gasteiger partial charge on any atom is -0.467 e. The fourth-order valence-electron chi connectivity index (χ4n) is 6.17. The highest BCUT2D eigenvalue weighted by Crippen LogP contribution is 2.44. The van der Waals surface area contributed by atoms with Crippen molar-refractivity contribution in [1.82, 2.24) is 15.5 Å². The van der Waals surface area contributed by atoms with Gasteiger partial charge in [-0.2, -0.15) is 0 Å². The predicted octanol–water partition coefficient (Wildman–Crippen LogP) is 3.40. The third-order valence-corrected chi connectivity index (χ3v) is 8.16. The number of methoxy groups -OCH3 is 1. The fraction of sp³-hybridized carbons (Fsp3) is 0.714. The molecule has 14 nitrogen and oxygen atoms in total. The molecule has 14 heteroatoms. The Morgan fingerprint density at radius 2 is 1.53 bits per heavy atom. The quantitative estimate of drug-likeness (QED) is 0.309. The second-order valence-corrected chi connectivity index (χ2v) is 15.1. The second kappa shape index (κ2) is 15.3. The summed E-state index contributed by atoms with van der Waals surface area (Å²) in [6.07, 6.45) is -3.94. The number of urea groups is 1. The molecule has 3 amide bonds. The summed E-state index contributed by atoms with van der Waals surface area (Å²) >= 11 is 0. The standard InChI is InChI=1S/C35H53N3O11/c1-20(2)16-22(30(41)43-10)36-29(40)23(17-25(39)44-19-21-14-12-11-13-15-21)38(32(42)37-33(3,4)5)18-24-26-27(47-34(6,7)46-26)28-31(45-24)49-35(8,9)48-28/h11-15,20,22-24,26-28,31H,16-19H2,1-10H3,(H,36,40)(H,37,42)/t22-,23?,24+,26-,27-,28+,31+/m0/s1. The fourth-order valence-corrected chi connectivity index (χ4v) is 6.17. The van der Waals surface area contributed by atoms with Gasteiger partial charge in [-0.1, -0.05) is 44.2 Å². The first-order valence-electron chi connectivity index (χ1n) is 16.8. The number of carbonyl (C=O) groups is 4. The van der Waals surface area contributed by atoms with Crippen LogP contribution in [0.5, 0.6) is 0 Å². The van der Waals surface area contributed by atoms with Gasteiger partial charge in [0.05, 0.1) is 20.1 Å². The summed E-state index contributed by atoms with van der Waals surface area (Å²) in [6, 6.07) is 5.98. The maximum absolute atomic E-state index is 14.2. The van der Waals surface area contributed by atoms with Gasteiger partial charge in [-0.05, 0) is 66.4 Å². The van der Waals surface area contributed by atoms with E-state index < -0.39 is 90.2 Å². The number of amides is 3. The van der Waals surface area contributed by atoms with Crippen molar-refractivity contribution < 1.29 is 52.3 Å². The molecule has 7 atom stereocenters. The van der Waals surface area contributed by atoms with Crippen molar-refractivity contribution in [2.24, 2.45) is 5.92 Å². The molecular formula is C35H53N3O11. The number of hydrogen-bond donors (Lipinski definition) is 2. The van der Waals surface area contributed by atoms with Crippen molar-refractivity contribution in [3.05, 3.63) is 35.9 Å². The Morgan fingerprint density at radius 3 is 2.14 bits per heavy atom. The van der Waals surface area contributed by atoms with Gasteiger partial charge in [-0.25, -0.2) is 9.59 Å². The van der Waals surface area contributed by atoms with Crippen LogP contribution < -0.4 is 10.6 Å². The molecule has 0 aromatic heterocycles. The van der Waals surface area contributed by atoms with Crippen molar-refractivity contribution in [3.8, 4) is 0 Å². The van der Waals surface area contributed by atoms with E-state index in [4.69, 9.17) is 33.2 Å². The van der Waals surface area contributed by atoms with Gasteiger partial charge in [0.2, 0.25) is 5.91 Å². The molecule has 0 spiro atoms. The van der Waals surface area contributed by atoms with Gasteiger partial charge in [0.15, 0.2) is 17.9 Å². The van der Waals surface area contributed by atoms with Gasteiger partial charge >= 0.3 is 18.0 Å². The van der Waals surface area contributed by atoms with E-state index in [2.05, 4.69) is 10.6 Å². The number of esters is 2. The minimum atomic E-state index is -1.43. The van der Waals surface area contributed by atoms with E-state index in [-0.39, 0.29) is 25.5 Å². The van der Waals surface area contributed by atoms with Crippen LogP contribution >= 0.6 is 0 Å². The second-order valence-electron chi connectivity index (χ2n) is 15.1. The summed E-state index contributed by atoms with van der Waals surface area (Å²) in [4.78, 5) is 55.8. The Labute approximate surface area is 288 Å². The van der Waals surface area contributed by atoms with E-state index in [0.717, 1.165) is 5.56 Å². The van der Waals surface area contributed by atoms with Gasteiger partial charge < -0.3 is 48.7 Å². The van der Waals surface area contributed by atoms with E-state index in [1.807, 2.05) is 32.0 Å². The molecule has 274 valence electrons. The molecule has 2 N–H and O–H groups in total. The van der Waals surface area contributed by atoms with Crippen LogP contribution in [0.2, 0.25) is 0 Å². The van der Waals surface area contributed by atoms with Crippen LogP contribution in [0, 0.1) is 5.92 Å². The average Bonchev–Trinajstić information content (AvgIpc) is 3.49. The summed E-state index contributed by atoms with van der Waals surface area (Å²) in [5.41, 5.74) is 0.0273. The number of nitrogens with one attached hydrogen (secondary N) is 2. The first kappa shape index (κ1) is 38.5. The number of ether oxygens (including phenoxy) is 7. The number of hydrogen-bond acceptors (Lipinski definition) is 11. The van der Waals surface area contributed by atoms with E-state index in [1.165, 1.54) is 12.0 Å². The third-order valence-electron chi connectivity index (χ3n) is 8.16. The van der Waals surface area contributed by atoms with E-state index >= 15 is 0 Å². The molecule has 0 radical (unpaired) electrons. The molecule has 0 bridgehead atoms. The lowest BCUT2D eigenvalue weighted by Crippen LogP contribution is -2.63. The Hall–Kier alpha value is -3.30. The molecule has 3 aliphatic heterocycles. The molecule has 1 unspecified atom stereocenters. The maximum Gasteiger partial charge on any atom is 0.328 e. The third kappa shape index (κ3) is 10.4. The lowest BCUT2D eigenvalue weighted by Gasteiger charge is -2.41. The van der Waals surface area contributed by atoms with Crippen LogP contribution in [0.4, 0.5) is 4.79 Å². The van der Waals surface area contributed by atoms with Crippen LogP contribution in [-0.4, -0.2) is 102 Å². The Kier molecular flexibility index (Phi) is 12.0. The zero-order valence-electron chi connectivity index (χ0n) is 30.3. The molecule has 1 aromatic rings. The van der Waals surface area contributed by atoms with Crippen LogP contribution in [0.1, 0.15) is 80.7 Å². The van der Waals surface area contributed by atoms with E-state index in [9.17, 15) is 19.2 Å². The van der Waals surface area contributed by atoms with Crippen LogP contribution in [-0.2, 0) is 54.1 Å². The van der Waals surface area contributed by atoms with Gasteiger partial charge in [-0.3, -0.25) is 9.59 Å². The van der Waals surface area contributed by atoms with E-state index in [1.54, 1.807) is 60.6 Å². The topological polar surface area (TPSA) is 160 Å². The smallest absolute Gasteiger partial charge is 0.328 e. The molecule has 3 heterocycles. The first-order valence-corrected chi connectivity index (χ1v) is 16.8. The Bertz CT molecular complexity index is 1330. The summed E-state index contributed by atoms with van der Waals surface area (Å²) in [5, 5.41) is 5.65. The monoisotopic (exact) mass is 691 g/mol. The zero-order valence-corrected chi connectivity index (χ0v) is 30.3. The first-order chi connectivity index (χ1) is 22.8. The van der Waals surface area contributed by atoms with Crippen LogP contribution in [0.25, 0.3) is 0 Å². The normalized spacial score (nSPS) is 26.6. The highest BCUT2D eigenvalue weighted by atomic mass is 16.9. The molecular weight excluding hydrogens is 638 g/mol. The van der Waals surface area contributed by atoms with Gasteiger partial charge in [-0.15, -0.1) is 0 Å². The lowest BCUT2D eigenvalue weighted by molar-refractivity contribution is -0.236. The molecule has 4 rings (SSSR count). The number of rotatable bonds is 12. The van der Waals surface area contributed by atoms with Crippen molar-refractivity contribution in [1.29, 1.82) is 0 Å². The summed E-state index contributed by atoms with van der Waals surface area (Å²) in [6.45, 7) is 16.0. The molecule has 49 heavy (non-hydrogen) atoms. The van der Waals surface area contributed by atoms with Crippen LogP contribution in [0.15, 0.2) is 30.3 Å². The molecule has 3 saturated heterocycles. The van der Waals surface area contributed by atoms with Crippen LogP contribution in [0.3, 0.4) is 0 Å². The molecule has 3 fully saturated rings. The summed E-state index contributed by atoms with van der Waals surface area (Å²) in [5.74, 6) is -4.09. The Morgan fingerprint density at radius 1 is 0.918 bits per heavy atom.